The van der Waals surface area contributed by atoms with Crippen LogP contribution in [-0.2, 0) is 0 Å². The first-order valence-corrected chi connectivity index (χ1v) is 7.67. The summed E-state index contributed by atoms with van der Waals surface area (Å²) in [6.45, 7) is 0. The maximum atomic E-state index is 12.2. The highest BCUT2D eigenvalue weighted by Gasteiger charge is 2.13. The second kappa shape index (κ2) is 6.69. The van der Waals surface area contributed by atoms with Crippen LogP contribution in [0.3, 0.4) is 0 Å². The molecule has 1 amide bonds. The van der Waals surface area contributed by atoms with Crippen LogP contribution in [0.1, 0.15) is 10.4 Å². The lowest BCUT2D eigenvalue weighted by Crippen LogP contribution is -2.13. The lowest BCUT2D eigenvalue weighted by Gasteiger charge is -2.15. The molecule has 0 aliphatic rings. The number of hydrogen-bond acceptors (Lipinski definition) is 2. The normalized spacial score (nSPS) is 10.3. The lowest BCUT2D eigenvalue weighted by atomic mass is 10.2. The van der Waals surface area contributed by atoms with Gasteiger partial charge in [-0.2, -0.15) is 0 Å². The van der Waals surface area contributed by atoms with E-state index >= 15 is 0 Å². The first kappa shape index (κ1) is 16.1. The highest BCUT2D eigenvalue weighted by Crippen LogP contribution is 2.29. The molecular formula is C15H13BrCl2N2O. The topological polar surface area (TPSA) is 32.3 Å². The molecule has 0 aliphatic heterocycles. The van der Waals surface area contributed by atoms with Gasteiger partial charge in [-0.15, -0.1) is 0 Å². The van der Waals surface area contributed by atoms with Crippen molar-refractivity contribution in [2.45, 2.75) is 0 Å². The summed E-state index contributed by atoms with van der Waals surface area (Å²) in [5.74, 6) is -0.282. The van der Waals surface area contributed by atoms with E-state index < -0.39 is 0 Å². The van der Waals surface area contributed by atoms with E-state index in [1.807, 2.05) is 25.1 Å². The fourth-order valence-corrected chi connectivity index (χ4v) is 2.75. The molecule has 0 spiro atoms. The fourth-order valence-electron chi connectivity index (χ4n) is 1.82. The Morgan fingerprint density at radius 1 is 1.19 bits per heavy atom. The second-order valence-corrected chi connectivity index (χ2v) is 6.26. The Bertz CT molecular complexity index is 689. The summed E-state index contributed by atoms with van der Waals surface area (Å²) in [7, 11) is 3.81. The second-order valence-electron chi connectivity index (χ2n) is 4.62. The van der Waals surface area contributed by atoms with Crippen molar-refractivity contribution in [1.29, 1.82) is 0 Å². The van der Waals surface area contributed by atoms with Crippen molar-refractivity contribution in [2.24, 2.45) is 0 Å². The molecule has 3 nitrogen and oxygen atoms in total. The molecule has 0 bridgehead atoms. The Hall–Kier alpha value is -1.23. The van der Waals surface area contributed by atoms with Crippen molar-refractivity contribution in [3.63, 3.8) is 0 Å². The van der Waals surface area contributed by atoms with Gasteiger partial charge in [0.25, 0.3) is 5.91 Å². The average molecular weight is 388 g/mol. The van der Waals surface area contributed by atoms with E-state index in [-0.39, 0.29) is 5.91 Å². The minimum Gasteiger partial charge on any atom is -0.376 e. The van der Waals surface area contributed by atoms with Crippen LogP contribution in [-0.4, -0.2) is 20.0 Å². The predicted molar refractivity (Wildman–Crippen MR) is 92.9 cm³/mol. The van der Waals surface area contributed by atoms with Crippen LogP contribution >= 0.6 is 39.1 Å². The maximum Gasteiger partial charge on any atom is 0.257 e. The van der Waals surface area contributed by atoms with Crippen molar-refractivity contribution >= 4 is 56.4 Å². The smallest absolute Gasteiger partial charge is 0.257 e. The number of carbonyl (C=O) groups excluding carboxylic acids is 1. The fraction of sp³-hybridized carbons (Fsp3) is 0.133. The van der Waals surface area contributed by atoms with Crippen LogP contribution in [0.15, 0.2) is 40.9 Å². The summed E-state index contributed by atoms with van der Waals surface area (Å²) >= 11 is 15.6. The van der Waals surface area contributed by atoms with E-state index in [1.165, 1.54) is 0 Å². The zero-order valence-corrected chi connectivity index (χ0v) is 14.6. The third kappa shape index (κ3) is 3.70. The Morgan fingerprint density at radius 3 is 2.52 bits per heavy atom. The molecule has 0 atom stereocenters. The van der Waals surface area contributed by atoms with Crippen molar-refractivity contribution in [2.75, 3.05) is 24.3 Å². The average Bonchev–Trinajstić information content (AvgIpc) is 2.41. The monoisotopic (exact) mass is 386 g/mol. The van der Waals surface area contributed by atoms with Crippen LogP contribution in [0, 0.1) is 0 Å². The number of halogens is 3. The first-order valence-electron chi connectivity index (χ1n) is 6.12. The van der Waals surface area contributed by atoms with Crippen molar-refractivity contribution in [3.05, 3.63) is 56.5 Å². The van der Waals surface area contributed by atoms with E-state index in [1.54, 1.807) is 30.3 Å². The van der Waals surface area contributed by atoms with Gasteiger partial charge < -0.3 is 10.2 Å². The largest absolute Gasteiger partial charge is 0.376 e. The van der Waals surface area contributed by atoms with Crippen LogP contribution in [0.25, 0.3) is 0 Å². The number of nitrogens with zero attached hydrogens (tertiary/aromatic N) is 1. The molecule has 0 saturated carbocycles. The molecule has 0 radical (unpaired) electrons. The van der Waals surface area contributed by atoms with Gasteiger partial charge in [0.15, 0.2) is 0 Å². The van der Waals surface area contributed by atoms with Gasteiger partial charge in [-0.05, 0) is 46.3 Å². The molecule has 2 aromatic rings. The number of benzene rings is 2. The highest BCUT2D eigenvalue weighted by atomic mass is 79.9. The summed E-state index contributed by atoms with van der Waals surface area (Å²) in [4.78, 5) is 14.1. The summed E-state index contributed by atoms with van der Waals surface area (Å²) in [6, 6.07) is 10.6. The molecule has 1 N–H and O–H groups in total. The Balaban J connectivity index is 2.24. The summed E-state index contributed by atoms with van der Waals surface area (Å²) in [5, 5.41) is 3.73. The molecule has 110 valence electrons. The van der Waals surface area contributed by atoms with E-state index in [4.69, 9.17) is 23.2 Å². The van der Waals surface area contributed by atoms with Crippen molar-refractivity contribution in [1.82, 2.24) is 0 Å². The molecule has 2 rings (SSSR count). The molecule has 0 saturated heterocycles. The SMILES string of the molecule is CN(C)c1ccc(NC(=O)c2cccc(Br)c2Cl)cc1Cl. The molecular weight excluding hydrogens is 375 g/mol. The third-order valence-electron chi connectivity index (χ3n) is 2.88. The lowest BCUT2D eigenvalue weighted by molar-refractivity contribution is 0.102. The van der Waals surface area contributed by atoms with Gasteiger partial charge in [-0.1, -0.05) is 29.3 Å². The van der Waals surface area contributed by atoms with E-state index in [2.05, 4.69) is 21.2 Å². The zero-order valence-electron chi connectivity index (χ0n) is 11.5. The number of rotatable bonds is 3. The zero-order chi connectivity index (χ0) is 15.6. The van der Waals surface area contributed by atoms with Gasteiger partial charge in [0.05, 0.1) is 21.3 Å². The van der Waals surface area contributed by atoms with Gasteiger partial charge >= 0.3 is 0 Å². The Kier molecular flexibility index (Phi) is 5.14. The van der Waals surface area contributed by atoms with Crippen LogP contribution in [0.2, 0.25) is 10.0 Å². The van der Waals surface area contributed by atoms with Gasteiger partial charge in [0.1, 0.15) is 0 Å². The minimum absolute atomic E-state index is 0.282. The number of amides is 1. The molecule has 0 fully saturated rings. The first-order chi connectivity index (χ1) is 9.90. The van der Waals surface area contributed by atoms with Gasteiger partial charge in [0.2, 0.25) is 0 Å². The number of hydrogen-bond donors (Lipinski definition) is 1. The third-order valence-corrected chi connectivity index (χ3v) is 4.48. The van der Waals surface area contributed by atoms with Gasteiger partial charge in [-0.25, -0.2) is 0 Å². The number of anilines is 2. The van der Waals surface area contributed by atoms with E-state index in [0.717, 1.165) is 5.69 Å². The maximum absolute atomic E-state index is 12.2. The van der Waals surface area contributed by atoms with Gasteiger partial charge in [-0.3, -0.25) is 4.79 Å². The molecule has 21 heavy (non-hydrogen) atoms. The summed E-state index contributed by atoms with van der Waals surface area (Å²) < 4.78 is 0.679. The Labute approximate surface area is 142 Å². The van der Waals surface area contributed by atoms with Crippen molar-refractivity contribution < 1.29 is 4.79 Å². The quantitative estimate of drug-likeness (QED) is 0.796. The summed E-state index contributed by atoms with van der Waals surface area (Å²) in [6.07, 6.45) is 0. The number of nitrogens with one attached hydrogen (secondary N) is 1. The van der Waals surface area contributed by atoms with Crippen molar-refractivity contribution in [3.8, 4) is 0 Å². The van der Waals surface area contributed by atoms with Gasteiger partial charge in [0, 0.05) is 24.3 Å². The molecule has 6 heteroatoms. The molecule has 2 aromatic carbocycles. The highest BCUT2D eigenvalue weighted by molar-refractivity contribution is 9.10. The van der Waals surface area contributed by atoms with Crippen LogP contribution < -0.4 is 10.2 Å². The predicted octanol–water partition coefficient (Wildman–Crippen LogP) is 5.07. The molecule has 0 unspecified atom stereocenters. The van der Waals surface area contributed by atoms with E-state index in [0.29, 0.717) is 25.8 Å². The van der Waals surface area contributed by atoms with Crippen LogP contribution in [0.5, 0.6) is 0 Å². The Morgan fingerprint density at radius 2 is 1.90 bits per heavy atom. The minimum atomic E-state index is -0.282. The van der Waals surface area contributed by atoms with Crippen LogP contribution in [0.4, 0.5) is 11.4 Å². The van der Waals surface area contributed by atoms with E-state index in [9.17, 15) is 4.79 Å². The molecule has 0 heterocycles. The molecule has 0 aromatic heterocycles. The summed E-state index contributed by atoms with van der Waals surface area (Å²) in [5.41, 5.74) is 1.90. The molecule has 0 aliphatic carbocycles. The standard InChI is InChI=1S/C15H13BrCl2N2O/c1-20(2)13-7-6-9(8-12(13)17)19-15(21)10-4-3-5-11(16)14(10)18/h3-8H,1-2H3,(H,19,21). The number of carbonyl (C=O) groups is 1.